The van der Waals surface area contributed by atoms with E-state index >= 15 is 0 Å². The lowest BCUT2D eigenvalue weighted by Gasteiger charge is -2.17. The predicted molar refractivity (Wildman–Crippen MR) is 110 cm³/mol. The highest BCUT2D eigenvalue weighted by Crippen LogP contribution is 2.37. The van der Waals surface area contributed by atoms with E-state index in [1.54, 1.807) is 29.3 Å². The molecule has 142 valence electrons. The maximum Gasteiger partial charge on any atom is 0.312 e. The number of amides is 1. The third kappa shape index (κ3) is 3.53. The summed E-state index contributed by atoms with van der Waals surface area (Å²) in [6.45, 7) is 0.182. The minimum absolute atomic E-state index is 0.0797. The Morgan fingerprint density at radius 3 is 2.71 bits per heavy atom. The number of aliphatic carboxylic acids is 1. The van der Waals surface area contributed by atoms with E-state index in [0.717, 1.165) is 15.4 Å². The summed E-state index contributed by atoms with van der Waals surface area (Å²) in [4.78, 5) is 31.3. The van der Waals surface area contributed by atoms with Crippen molar-refractivity contribution in [3.8, 4) is 10.6 Å². The van der Waals surface area contributed by atoms with Crippen LogP contribution in [0.4, 0.5) is 5.69 Å². The summed E-state index contributed by atoms with van der Waals surface area (Å²) in [5.74, 6) is -1.66. The first kappa shape index (κ1) is 18.7. The highest BCUT2D eigenvalue weighted by atomic mass is 35.5. The summed E-state index contributed by atoms with van der Waals surface area (Å²) < 4.78 is 0. The number of halogens is 1. The molecular formula is C21H17ClN2O3S. The molecule has 28 heavy (non-hydrogen) atoms. The molecule has 0 radical (unpaired) electrons. The third-order valence-electron chi connectivity index (χ3n) is 4.81. The minimum atomic E-state index is -0.908. The number of aryl methyl sites for hydroxylation is 1. The van der Waals surface area contributed by atoms with Gasteiger partial charge in [0.25, 0.3) is 0 Å². The van der Waals surface area contributed by atoms with E-state index in [4.69, 9.17) is 11.6 Å². The average molecular weight is 413 g/mol. The van der Waals surface area contributed by atoms with Gasteiger partial charge in [-0.25, -0.2) is 4.98 Å². The molecule has 5 nitrogen and oxygen atoms in total. The lowest BCUT2D eigenvalue weighted by atomic mass is 10.0. The standard InChI is InChI=1S/C21H17ClN2O3S/c22-17-7-3-1-6-15(17)20-23-11-13(28-20)9-10-19(25)24-12-16(21(26)27)14-5-2-4-8-18(14)24/h1-8,11,16H,9-10,12H2,(H,26,27). The fourth-order valence-corrected chi connectivity index (χ4v) is 4.63. The molecule has 1 atom stereocenters. The number of carbonyl (C=O) groups is 2. The average Bonchev–Trinajstić information content (AvgIpc) is 3.31. The molecule has 1 unspecified atom stereocenters. The second-order valence-electron chi connectivity index (χ2n) is 6.57. The van der Waals surface area contributed by atoms with E-state index in [2.05, 4.69) is 4.98 Å². The molecule has 1 aliphatic heterocycles. The molecule has 4 rings (SSSR count). The van der Waals surface area contributed by atoms with E-state index in [1.165, 1.54) is 11.3 Å². The summed E-state index contributed by atoms with van der Waals surface area (Å²) in [7, 11) is 0. The summed E-state index contributed by atoms with van der Waals surface area (Å²) >= 11 is 7.74. The Morgan fingerprint density at radius 2 is 1.93 bits per heavy atom. The van der Waals surface area contributed by atoms with Crippen LogP contribution in [0, 0.1) is 0 Å². The number of anilines is 1. The molecule has 0 saturated heterocycles. The monoisotopic (exact) mass is 412 g/mol. The zero-order chi connectivity index (χ0) is 19.7. The van der Waals surface area contributed by atoms with Gasteiger partial charge in [-0.1, -0.05) is 48.0 Å². The molecule has 3 aromatic rings. The summed E-state index contributed by atoms with van der Waals surface area (Å²) in [6, 6.07) is 14.7. The topological polar surface area (TPSA) is 70.5 Å². The van der Waals surface area contributed by atoms with Crippen LogP contribution in [-0.2, 0) is 16.0 Å². The van der Waals surface area contributed by atoms with Gasteiger partial charge in [0.15, 0.2) is 0 Å². The molecule has 2 aromatic carbocycles. The van der Waals surface area contributed by atoms with Crippen molar-refractivity contribution in [1.82, 2.24) is 4.98 Å². The highest BCUT2D eigenvalue weighted by Gasteiger charge is 2.35. The van der Waals surface area contributed by atoms with Crippen LogP contribution in [0.15, 0.2) is 54.7 Å². The largest absolute Gasteiger partial charge is 0.481 e. The number of fused-ring (bicyclic) bond motifs is 1. The van der Waals surface area contributed by atoms with Crippen molar-refractivity contribution in [3.05, 3.63) is 70.2 Å². The molecule has 1 aromatic heterocycles. The van der Waals surface area contributed by atoms with Crippen LogP contribution < -0.4 is 4.90 Å². The van der Waals surface area contributed by atoms with Crippen molar-refractivity contribution in [2.75, 3.05) is 11.4 Å². The van der Waals surface area contributed by atoms with Crippen molar-refractivity contribution in [3.63, 3.8) is 0 Å². The number of aromatic nitrogens is 1. The lowest BCUT2D eigenvalue weighted by molar-refractivity contribution is -0.138. The van der Waals surface area contributed by atoms with Gasteiger partial charge in [0, 0.05) is 35.3 Å². The second kappa shape index (κ2) is 7.73. The van der Waals surface area contributed by atoms with Crippen molar-refractivity contribution < 1.29 is 14.7 Å². The normalized spacial score (nSPS) is 15.5. The van der Waals surface area contributed by atoms with Gasteiger partial charge in [0.1, 0.15) is 10.9 Å². The highest BCUT2D eigenvalue weighted by molar-refractivity contribution is 7.15. The molecule has 0 fully saturated rings. The zero-order valence-corrected chi connectivity index (χ0v) is 16.4. The van der Waals surface area contributed by atoms with Crippen LogP contribution in [0.2, 0.25) is 5.02 Å². The second-order valence-corrected chi connectivity index (χ2v) is 8.09. The van der Waals surface area contributed by atoms with Crippen LogP contribution in [0.5, 0.6) is 0 Å². The SMILES string of the molecule is O=C(O)C1CN(C(=O)CCc2cnc(-c3ccccc3Cl)s2)c2ccccc21. The molecule has 1 aliphatic rings. The molecule has 0 aliphatic carbocycles. The number of carboxylic acid groups (broad SMARTS) is 1. The third-order valence-corrected chi connectivity index (χ3v) is 6.23. The lowest BCUT2D eigenvalue weighted by Crippen LogP contribution is -2.31. The molecule has 7 heteroatoms. The number of benzene rings is 2. The number of carboxylic acids is 1. The van der Waals surface area contributed by atoms with Crippen molar-refractivity contribution in [2.45, 2.75) is 18.8 Å². The molecule has 0 spiro atoms. The van der Waals surface area contributed by atoms with E-state index in [-0.39, 0.29) is 12.5 Å². The Hall–Kier alpha value is -2.70. The molecule has 2 heterocycles. The van der Waals surface area contributed by atoms with E-state index in [1.807, 2.05) is 30.3 Å². The van der Waals surface area contributed by atoms with Crippen LogP contribution in [0.25, 0.3) is 10.6 Å². The summed E-state index contributed by atoms with van der Waals surface area (Å²) in [6.07, 6.45) is 2.62. The number of nitrogens with zero attached hydrogens (tertiary/aromatic N) is 2. The van der Waals surface area contributed by atoms with Gasteiger partial charge in [-0.2, -0.15) is 0 Å². The maximum atomic E-state index is 12.8. The Morgan fingerprint density at radius 1 is 1.18 bits per heavy atom. The molecular weight excluding hydrogens is 396 g/mol. The van der Waals surface area contributed by atoms with Gasteiger partial charge in [-0.3, -0.25) is 9.59 Å². The van der Waals surface area contributed by atoms with Crippen LogP contribution in [-0.4, -0.2) is 28.5 Å². The van der Waals surface area contributed by atoms with Crippen molar-refractivity contribution >= 4 is 40.5 Å². The Kier molecular flexibility index (Phi) is 5.15. The maximum absolute atomic E-state index is 12.8. The number of carbonyl (C=O) groups excluding carboxylic acids is 1. The number of hydrogen-bond donors (Lipinski definition) is 1. The van der Waals surface area contributed by atoms with Gasteiger partial charge in [-0.15, -0.1) is 11.3 Å². The number of rotatable bonds is 5. The first-order valence-corrected chi connectivity index (χ1v) is 10.1. The first-order valence-electron chi connectivity index (χ1n) is 8.86. The molecule has 1 amide bonds. The van der Waals surface area contributed by atoms with E-state index in [0.29, 0.717) is 29.1 Å². The number of hydrogen-bond acceptors (Lipinski definition) is 4. The fraction of sp³-hybridized carbons (Fsp3) is 0.190. The van der Waals surface area contributed by atoms with Crippen LogP contribution >= 0.6 is 22.9 Å². The number of thiazole rings is 1. The van der Waals surface area contributed by atoms with E-state index < -0.39 is 11.9 Å². The van der Waals surface area contributed by atoms with Gasteiger partial charge >= 0.3 is 5.97 Å². The Labute approximate surface area is 171 Å². The van der Waals surface area contributed by atoms with Gasteiger partial charge < -0.3 is 10.0 Å². The van der Waals surface area contributed by atoms with Crippen LogP contribution in [0.1, 0.15) is 22.8 Å². The summed E-state index contributed by atoms with van der Waals surface area (Å²) in [5, 5.41) is 10.9. The number of para-hydroxylation sites is 1. The van der Waals surface area contributed by atoms with Gasteiger partial charge in [0.2, 0.25) is 5.91 Å². The minimum Gasteiger partial charge on any atom is -0.481 e. The molecule has 0 saturated carbocycles. The Balaban J connectivity index is 1.46. The summed E-state index contributed by atoms with van der Waals surface area (Å²) in [5.41, 5.74) is 2.27. The van der Waals surface area contributed by atoms with Gasteiger partial charge in [0.05, 0.1) is 5.02 Å². The zero-order valence-electron chi connectivity index (χ0n) is 14.8. The van der Waals surface area contributed by atoms with Gasteiger partial charge in [-0.05, 0) is 24.1 Å². The Bertz CT molecular complexity index is 1050. The molecule has 1 N–H and O–H groups in total. The van der Waals surface area contributed by atoms with Crippen LogP contribution in [0.3, 0.4) is 0 Å². The van der Waals surface area contributed by atoms with Crippen molar-refractivity contribution in [1.29, 1.82) is 0 Å². The quantitative estimate of drug-likeness (QED) is 0.664. The fourth-order valence-electron chi connectivity index (χ4n) is 3.40. The first-order chi connectivity index (χ1) is 13.5. The van der Waals surface area contributed by atoms with Crippen molar-refractivity contribution in [2.24, 2.45) is 0 Å². The van der Waals surface area contributed by atoms with E-state index in [9.17, 15) is 14.7 Å². The predicted octanol–water partition coefficient (Wildman–Crippen LogP) is 4.61. The molecule has 0 bridgehead atoms. The smallest absolute Gasteiger partial charge is 0.312 e.